The first-order valence-corrected chi connectivity index (χ1v) is 6.04. The molecule has 3 amide bonds. The Hall–Kier alpha value is -1.79. The Morgan fingerprint density at radius 2 is 2.06 bits per heavy atom. The van der Waals surface area contributed by atoms with Gasteiger partial charge in [-0.05, 0) is 19.3 Å². The highest BCUT2D eigenvalue weighted by molar-refractivity contribution is 5.84. The Morgan fingerprint density at radius 3 is 2.67 bits per heavy atom. The number of urea groups is 1. The summed E-state index contributed by atoms with van der Waals surface area (Å²) in [6, 6.07) is -0.311. The zero-order chi connectivity index (χ0) is 13.5. The van der Waals surface area contributed by atoms with Crippen LogP contribution in [0.1, 0.15) is 19.8 Å². The van der Waals surface area contributed by atoms with Crippen LogP contribution in [-0.4, -0.2) is 54.1 Å². The lowest BCUT2D eigenvalue weighted by Crippen LogP contribution is -2.43. The lowest BCUT2D eigenvalue weighted by atomic mass is 10.1. The number of nitrogens with one attached hydrogen (secondary N) is 2. The van der Waals surface area contributed by atoms with E-state index in [2.05, 4.69) is 10.6 Å². The molecule has 1 saturated heterocycles. The summed E-state index contributed by atoms with van der Waals surface area (Å²) in [6.07, 6.45) is 0.779. The van der Waals surface area contributed by atoms with Gasteiger partial charge in [0.2, 0.25) is 5.91 Å². The van der Waals surface area contributed by atoms with Crippen molar-refractivity contribution in [1.29, 1.82) is 0 Å². The third-order valence-corrected chi connectivity index (χ3v) is 2.81. The predicted molar refractivity (Wildman–Crippen MR) is 64.0 cm³/mol. The van der Waals surface area contributed by atoms with E-state index in [1.54, 1.807) is 11.8 Å². The largest absolute Gasteiger partial charge is 0.481 e. The Kier molecular flexibility index (Phi) is 5.41. The molecule has 1 fully saturated rings. The molecule has 1 unspecified atom stereocenters. The van der Waals surface area contributed by atoms with Gasteiger partial charge in [-0.15, -0.1) is 0 Å². The number of carboxylic acids is 1. The molecule has 1 aliphatic rings. The van der Waals surface area contributed by atoms with Gasteiger partial charge < -0.3 is 20.6 Å². The van der Waals surface area contributed by atoms with Gasteiger partial charge >= 0.3 is 12.0 Å². The number of amides is 3. The number of hydrogen-bond acceptors (Lipinski definition) is 3. The van der Waals surface area contributed by atoms with E-state index >= 15 is 0 Å². The minimum absolute atomic E-state index is 0.0118. The van der Waals surface area contributed by atoms with Crippen molar-refractivity contribution in [2.45, 2.75) is 19.8 Å². The average Bonchev–Trinajstić information content (AvgIpc) is 2.74. The molecule has 0 aromatic heterocycles. The monoisotopic (exact) mass is 257 g/mol. The van der Waals surface area contributed by atoms with E-state index in [0.717, 1.165) is 0 Å². The SMILES string of the molecule is CCNC(=O)CNC(=O)N1CCC(CC(=O)O)C1. The summed E-state index contributed by atoms with van der Waals surface area (Å²) in [5, 5.41) is 13.7. The maximum atomic E-state index is 11.7. The molecular formula is C11H19N3O4. The number of carboxylic acid groups (broad SMARTS) is 1. The van der Waals surface area contributed by atoms with Crippen LogP contribution in [0.4, 0.5) is 4.79 Å². The maximum absolute atomic E-state index is 11.7. The number of carbonyl (C=O) groups is 3. The first kappa shape index (κ1) is 14.3. The normalized spacial score (nSPS) is 18.5. The highest BCUT2D eigenvalue weighted by atomic mass is 16.4. The molecule has 1 aliphatic heterocycles. The first-order valence-electron chi connectivity index (χ1n) is 6.04. The number of nitrogens with zero attached hydrogens (tertiary/aromatic N) is 1. The van der Waals surface area contributed by atoms with Crippen molar-refractivity contribution in [3.8, 4) is 0 Å². The molecule has 102 valence electrons. The van der Waals surface area contributed by atoms with Crippen LogP contribution in [0.2, 0.25) is 0 Å². The van der Waals surface area contributed by atoms with E-state index < -0.39 is 5.97 Å². The Morgan fingerprint density at radius 1 is 1.33 bits per heavy atom. The van der Waals surface area contributed by atoms with Crippen molar-refractivity contribution in [3.63, 3.8) is 0 Å². The van der Waals surface area contributed by atoms with Crippen LogP contribution in [0, 0.1) is 5.92 Å². The highest BCUT2D eigenvalue weighted by Crippen LogP contribution is 2.19. The Labute approximate surface area is 106 Å². The summed E-state index contributed by atoms with van der Waals surface area (Å²) < 4.78 is 0. The van der Waals surface area contributed by atoms with Crippen LogP contribution in [0.25, 0.3) is 0 Å². The Balaban J connectivity index is 2.27. The molecule has 1 atom stereocenters. The molecule has 0 aliphatic carbocycles. The topological polar surface area (TPSA) is 98.7 Å². The second kappa shape index (κ2) is 6.83. The third kappa shape index (κ3) is 4.60. The summed E-state index contributed by atoms with van der Waals surface area (Å²) in [5.74, 6) is -1.06. The second-order valence-corrected chi connectivity index (χ2v) is 4.31. The smallest absolute Gasteiger partial charge is 0.317 e. The minimum atomic E-state index is -0.843. The number of rotatable bonds is 5. The molecule has 0 radical (unpaired) electrons. The molecule has 0 spiro atoms. The minimum Gasteiger partial charge on any atom is -0.481 e. The van der Waals surface area contributed by atoms with Gasteiger partial charge in [0.05, 0.1) is 6.54 Å². The third-order valence-electron chi connectivity index (χ3n) is 2.81. The number of carbonyl (C=O) groups excluding carboxylic acids is 2. The Bertz CT molecular complexity index is 332. The molecule has 0 bridgehead atoms. The second-order valence-electron chi connectivity index (χ2n) is 4.31. The van der Waals surface area contributed by atoms with E-state index in [9.17, 15) is 14.4 Å². The maximum Gasteiger partial charge on any atom is 0.317 e. The van der Waals surface area contributed by atoms with E-state index in [1.165, 1.54) is 0 Å². The van der Waals surface area contributed by atoms with E-state index in [0.29, 0.717) is 26.1 Å². The van der Waals surface area contributed by atoms with Crippen LogP contribution in [0.5, 0.6) is 0 Å². The molecular weight excluding hydrogens is 238 g/mol. The van der Waals surface area contributed by atoms with Gasteiger partial charge in [-0.2, -0.15) is 0 Å². The molecule has 3 N–H and O–H groups in total. The fourth-order valence-corrected chi connectivity index (χ4v) is 1.96. The van der Waals surface area contributed by atoms with Crippen molar-refractivity contribution in [3.05, 3.63) is 0 Å². The van der Waals surface area contributed by atoms with E-state index in [1.807, 2.05) is 0 Å². The van der Waals surface area contributed by atoms with Crippen LogP contribution >= 0.6 is 0 Å². The fraction of sp³-hybridized carbons (Fsp3) is 0.727. The van der Waals surface area contributed by atoms with Gasteiger partial charge in [-0.25, -0.2) is 4.79 Å². The fourth-order valence-electron chi connectivity index (χ4n) is 1.96. The van der Waals surface area contributed by atoms with Crippen LogP contribution < -0.4 is 10.6 Å². The van der Waals surface area contributed by atoms with Gasteiger partial charge in [-0.3, -0.25) is 9.59 Å². The summed E-state index contributed by atoms with van der Waals surface area (Å²) in [6.45, 7) is 3.26. The molecule has 7 heteroatoms. The number of hydrogen-bond donors (Lipinski definition) is 3. The first-order chi connectivity index (χ1) is 8.52. The van der Waals surface area contributed by atoms with Gasteiger partial charge in [-0.1, -0.05) is 0 Å². The van der Waals surface area contributed by atoms with Crippen molar-refractivity contribution >= 4 is 17.9 Å². The summed E-state index contributed by atoms with van der Waals surface area (Å²) in [7, 11) is 0. The van der Waals surface area contributed by atoms with Crippen molar-refractivity contribution in [2.24, 2.45) is 5.92 Å². The molecule has 0 aromatic rings. The highest BCUT2D eigenvalue weighted by Gasteiger charge is 2.27. The molecule has 0 saturated carbocycles. The zero-order valence-corrected chi connectivity index (χ0v) is 10.4. The quantitative estimate of drug-likeness (QED) is 0.625. The van der Waals surface area contributed by atoms with Gasteiger partial charge in [0.15, 0.2) is 0 Å². The summed E-state index contributed by atoms with van der Waals surface area (Å²) in [4.78, 5) is 34.9. The van der Waals surface area contributed by atoms with Crippen LogP contribution in [-0.2, 0) is 9.59 Å². The van der Waals surface area contributed by atoms with Crippen molar-refractivity contribution in [2.75, 3.05) is 26.2 Å². The van der Waals surface area contributed by atoms with Gasteiger partial charge in [0, 0.05) is 26.1 Å². The van der Waals surface area contributed by atoms with Crippen LogP contribution in [0.15, 0.2) is 0 Å². The van der Waals surface area contributed by atoms with Gasteiger partial charge in [0.25, 0.3) is 0 Å². The zero-order valence-electron chi connectivity index (χ0n) is 10.4. The summed E-state index contributed by atoms with van der Waals surface area (Å²) in [5.41, 5.74) is 0. The lowest BCUT2D eigenvalue weighted by Gasteiger charge is -2.16. The average molecular weight is 257 g/mol. The molecule has 1 heterocycles. The summed E-state index contributed by atoms with van der Waals surface area (Å²) >= 11 is 0. The predicted octanol–water partition coefficient (Wildman–Crippen LogP) is -0.371. The number of aliphatic carboxylic acids is 1. The molecule has 0 aromatic carbocycles. The van der Waals surface area contributed by atoms with E-state index in [4.69, 9.17) is 5.11 Å². The number of likely N-dealkylation sites (N-methyl/N-ethyl adjacent to an activating group) is 1. The lowest BCUT2D eigenvalue weighted by molar-refractivity contribution is -0.138. The van der Waals surface area contributed by atoms with E-state index in [-0.39, 0.29) is 30.8 Å². The molecule has 18 heavy (non-hydrogen) atoms. The number of likely N-dealkylation sites (tertiary alicyclic amines) is 1. The van der Waals surface area contributed by atoms with Crippen molar-refractivity contribution in [1.82, 2.24) is 15.5 Å². The standard InChI is InChI=1S/C11H19N3O4/c1-2-12-9(15)6-13-11(18)14-4-3-8(7-14)5-10(16)17/h8H,2-7H2,1H3,(H,12,15)(H,13,18)(H,16,17). The molecule has 7 nitrogen and oxygen atoms in total. The van der Waals surface area contributed by atoms with Crippen LogP contribution in [0.3, 0.4) is 0 Å². The molecule has 1 rings (SSSR count). The van der Waals surface area contributed by atoms with Crippen molar-refractivity contribution < 1.29 is 19.5 Å². The van der Waals surface area contributed by atoms with Gasteiger partial charge in [0.1, 0.15) is 0 Å².